The first-order chi connectivity index (χ1) is 10.1. The van der Waals surface area contributed by atoms with Crippen LogP contribution in [0.25, 0.3) is 6.08 Å². The lowest BCUT2D eigenvalue weighted by Crippen LogP contribution is -2.28. The van der Waals surface area contributed by atoms with E-state index in [9.17, 15) is 13.5 Å². The Labute approximate surface area is 123 Å². The Kier molecular flexibility index (Phi) is 3.43. The summed E-state index contributed by atoms with van der Waals surface area (Å²) in [6.45, 7) is 0. The fourth-order valence-corrected chi connectivity index (χ4v) is 3.80. The highest BCUT2D eigenvalue weighted by Crippen LogP contribution is 2.32. The van der Waals surface area contributed by atoms with Gasteiger partial charge in [-0.15, -0.1) is 0 Å². The molecule has 108 valence electrons. The van der Waals surface area contributed by atoms with Gasteiger partial charge >= 0.3 is 0 Å². The second-order valence-electron chi connectivity index (χ2n) is 4.95. The van der Waals surface area contributed by atoms with Gasteiger partial charge in [-0.3, -0.25) is 0 Å². The highest BCUT2D eigenvalue weighted by molar-refractivity contribution is 7.91. The molecule has 21 heavy (non-hydrogen) atoms. The zero-order valence-corrected chi connectivity index (χ0v) is 12.0. The molecule has 0 fully saturated rings. The molecule has 0 saturated heterocycles. The first-order valence-corrected chi connectivity index (χ1v) is 8.26. The minimum Gasteiger partial charge on any atom is -0.506 e. The Balaban J connectivity index is 1.84. The lowest BCUT2D eigenvalue weighted by atomic mass is 10.1. The van der Waals surface area contributed by atoms with Crippen molar-refractivity contribution in [2.45, 2.75) is 10.9 Å². The maximum Gasteiger partial charge on any atom is 0.180 e. The van der Waals surface area contributed by atoms with Crippen LogP contribution in [0.1, 0.15) is 5.56 Å². The van der Waals surface area contributed by atoms with Crippen LogP contribution in [0.2, 0.25) is 0 Å². The maximum absolute atomic E-state index is 12.4. The van der Waals surface area contributed by atoms with Crippen molar-refractivity contribution in [1.29, 1.82) is 0 Å². The molecule has 4 nitrogen and oxygen atoms in total. The molecule has 1 aliphatic rings. The lowest BCUT2D eigenvalue weighted by molar-refractivity contribution is 0.476. The summed E-state index contributed by atoms with van der Waals surface area (Å²) in [5.41, 5.74) is 1.43. The third-order valence-electron chi connectivity index (χ3n) is 3.41. The van der Waals surface area contributed by atoms with Gasteiger partial charge in [0.1, 0.15) is 5.75 Å². The van der Waals surface area contributed by atoms with Crippen molar-refractivity contribution in [3.8, 4) is 5.75 Å². The van der Waals surface area contributed by atoms with Gasteiger partial charge in [-0.1, -0.05) is 42.5 Å². The first-order valence-electron chi connectivity index (χ1n) is 6.61. The Morgan fingerprint density at radius 3 is 2.57 bits per heavy atom. The summed E-state index contributed by atoms with van der Waals surface area (Å²) in [7, 11) is -3.37. The second-order valence-corrected chi connectivity index (χ2v) is 6.98. The van der Waals surface area contributed by atoms with Gasteiger partial charge in [-0.2, -0.15) is 0 Å². The van der Waals surface area contributed by atoms with E-state index in [-0.39, 0.29) is 17.5 Å². The van der Waals surface area contributed by atoms with Crippen LogP contribution in [-0.2, 0) is 9.84 Å². The zero-order chi connectivity index (χ0) is 14.9. The number of phenols is 1. The molecule has 2 aromatic carbocycles. The molecule has 0 aromatic heterocycles. The van der Waals surface area contributed by atoms with Crippen LogP contribution in [0.4, 0.5) is 5.69 Å². The number of aromatic hydroxyl groups is 1. The quantitative estimate of drug-likeness (QED) is 0.855. The maximum atomic E-state index is 12.4. The van der Waals surface area contributed by atoms with E-state index in [4.69, 9.17) is 0 Å². The molecule has 2 N–H and O–H groups in total. The number of benzene rings is 2. The van der Waals surface area contributed by atoms with Gasteiger partial charge in [-0.05, 0) is 18.2 Å². The molecule has 2 aromatic rings. The molecule has 1 aliphatic heterocycles. The number of phenolic OH excluding ortho intramolecular Hbond substituents is 1. The van der Waals surface area contributed by atoms with Gasteiger partial charge in [-0.25, -0.2) is 8.42 Å². The Morgan fingerprint density at radius 2 is 1.81 bits per heavy atom. The zero-order valence-electron chi connectivity index (χ0n) is 11.2. The van der Waals surface area contributed by atoms with Crippen molar-refractivity contribution >= 4 is 21.6 Å². The van der Waals surface area contributed by atoms with Crippen LogP contribution in [0, 0.1) is 0 Å². The van der Waals surface area contributed by atoms with Crippen molar-refractivity contribution in [3.63, 3.8) is 0 Å². The van der Waals surface area contributed by atoms with Crippen LogP contribution in [-0.4, -0.2) is 25.3 Å². The van der Waals surface area contributed by atoms with E-state index in [1.807, 2.05) is 18.2 Å². The molecule has 0 amide bonds. The molecular formula is C16H15NO3S. The Hall–Kier alpha value is -2.27. The number of fused-ring (bicyclic) bond motifs is 1. The largest absolute Gasteiger partial charge is 0.506 e. The van der Waals surface area contributed by atoms with Crippen LogP contribution >= 0.6 is 0 Å². The summed E-state index contributed by atoms with van der Waals surface area (Å²) in [5, 5.41) is 12.9. The fourth-order valence-electron chi connectivity index (χ4n) is 2.36. The van der Waals surface area contributed by atoms with E-state index in [0.29, 0.717) is 10.6 Å². The minimum absolute atomic E-state index is 0.0543. The number of nitrogens with one attached hydrogen (secondary N) is 1. The van der Waals surface area contributed by atoms with Gasteiger partial charge in [0.2, 0.25) is 0 Å². The normalized spacial score (nSPS) is 17.0. The summed E-state index contributed by atoms with van der Waals surface area (Å²) in [6, 6.07) is 13.2. The van der Waals surface area contributed by atoms with Crippen molar-refractivity contribution in [2.24, 2.45) is 0 Å². The van der Waals surface area contributed by atoms with E-state index in [1.165, 1.54) is 0 Å². The van der Waals surface area contributed by atoms with Gasteiger partial charge in [0.25, 0.3) is 0 Å². The smallest absolute Gasteiger partial charge is 0.180 e. The topological polar surface area (TPSA) is 66.4 Å². The summed E-state index contributed by atoms with van der Waals surface area (Å²) in [5.74, 6) is 0.0698. The second kappa shape index (κ2) is 5.26. The standard InChI is InChI=1S/C16H15NO3S/c18-15-8-4-5-12-9-10-13(17-16(12)15)11-21(19,20)14-6-2-1-3-7-14/h1-10,13,17-18H,11H2. The Morgan fingerprint density at radius 1 is 1.05 bits per heavy atom. The minimum atomic E-state index is -3.37. The van der Waals surface area contributed by atoms with E-state index < -0.39 is 9.84 Å². The van der Waals surface area contributed by atoms with Crippen LogP contribution < -0.4 is 5.32 Å². The summed E-state index contributed by atoms with van der Waals surface area (Å²) < 4.78 is 24.7. The number of para-hydroxylation sites is 1. The molecule has 0 aliphatic carbocycles. The van der Waals surface area contributed by atoms with Crippen molar-refractivity contribution < 1.29 is 13.5 Å². The molecular weight excluding hydrogens is 286 g/mol. The first kappa shape index (κ1) is 13.7. The fraction of sp³-hybridized carbons (Fsp3) is 0.125. The van der Waals surface area contributed by atoms with Crippen molar-refractivity contribution in [2.75, 3.05) is 11.1 Å². The van der Waals surface area contributed by atoms with Gasteiger partial charge in [0.15, 0.2) is 9.84 Å². The summed E-state index contributed by atoms with van der Waals surface area (Å²) in [4.78, 5) is 0.309. The van der Waals surface area contributed by atoms with Crippen LogP contribution in [0.5, 0.6) is 5.75 Å². The summed E-state index contributed by atoms with van der Waals surface area (Å²) in [6.07, 6.45) is 3.64. The third-order valence-corrected chi connectivity index (χ3v) is 5.20. The van der Waals surface area contributed by atoms with Crippen molar-refractivity contribution in [1.82, 2.24) is 0 Å². The predicted octanol–water partition coefficient (Wildman–Crippen LogP) is 2.67. The molecule has 1 atom stereocenters. The average Bonchev–Trinajstić information content (AvgIpc) is 2.49. The monoisotopic (exact) mass is 301 g/mol. The number of hydrogen-bond donors (Lipinski definition) is 2. The molecule has 1 heterocycles. The highest BCUT2D eigenvalue weighted by Gasteiger charge is 2.23. The van der Waals surface area contributed by atoms with Gasteiger partial charge in [0.05, 0.1) is 22.4 Å². The average molecular weight is 301 g/mol. The number of hydrogen-bond acceptors (Lipinski definition) is 4. The van der Waals surface area contributed by atoms with Crippen molar-refractivity contribution in [3.05, 3.63) is 60.2 Å². The predicted molar refractivity (Wildman–Crippen MR) is 83.0 cm³/mol. The third kappa shape index (κ3) is 2.78. The molecule has 0 bridgehead atoms. The van der Waals surface area contributed by atoms with Gasteiger partial charge < -0.3 is 10.4 Å². The molecule has 0 spiro atoms. The number of rotatable bonds is 3. The molecule has 1 unspecified atom stereocenters. The Bertz CT molecular complexity index is 782. The highest BCUT2D eigenvalue weighted by atomic mass is 32.2. The lowest BCUT2D eigenvalue weighted by Gasteiger charge is -2.23. The summed E-state index contributed by atoms with van der Waals surface area (Å²) >= 11 is 0. The van der Waals surface area contributed by atoms with Gasteiger partial charge in [0, 0.05) is 5.56 Å². The molecule has 0 saturated carbocycles. The van der Waals surface area contributed by atoms with E-state index in [1.54, 1.807) is 42.5 Å². The van der Waals surface area contributed by atoms with Crippen LogP contribution in [0.3, 0.4) is 0 Å². The van der Waals surface area contributed by atoms with Crippen LogP contribution in [0.15, 0.2) is 59.5 Å². The van der Waals surface area contributed by atoms with E-state index in [0.717, 1.165) is 5.56 Å². The molecule has 3 rings (SSSR count). The molecule has 5 heteroatoms. The van der Waals surface area contributed by atoms with E-state index >= 15 is 0 Å². The molecule has 0 radical (unpaired) electrons. The number of anilines is 1. The SMILES string of the molecule is O=S(=O)(CC1C=Cc2cccc(O)c2N1)c1ccccc1. The number of sulfone groups is 1. The van der Waals surface area contributed by atoms with E-state index in [2.05, 4.69) is 5.32 Å².